The van der Waals surface area contributed by atoms with E-state index in [1.54, 1.807) is 28.6 Å². The minimum atomic E-state index is -3.56. The molecule has 0 aromatic heterocycles. The van der Waals surface area contributed by atoms with Crippen LogP contribution in [0.4, 0.5) is 5.69 Å². The van der Waals surface area contributed by atoms with E-state index in [0.717, 1.165) is 18.7 Å². The number of hydrogen-bond acceptors (Lipinski definition) is 4. The maximum Gasteiger partial charge on any atom is 0.243 e. The minimum Gasteiger partial charge on any atom is -0.326 e. The van der Waals surface area contributed by atoms with E-state index in [9.17, 15) is 13.2 Å². The summed E-state index contributed by atoms with van der Waals surface area (Å²) in [6, 6.07) is 18.0. The average Bonchev–Trinajstić information content (AvgIpc) is 2.93. The van der Waals surface area contributed by atoms with Gasteiger partial charge in [-0.25, -0.2) is 8.42 Å². The molecular formula is C22H27N3O3S. The first-order valence-electron chi connectivity index (χ1n) is 10.1. The number of carbonyl (C=O) groups excluding carboxylic acids is 1. The van der Waals surface area contributed by atoms with Crippen molar-refractivity contribution in [3.63, 3.8) is 0 Å². The highest BCUT2D eigenvalue weighted by Crippen LogP contribution is 2.44. The molecule has 1 N–H and O–H groups in total. The molecule has 4 rings (SSSR count). The molecule has 0 aliphatic carbocycles. The molecule has 0 unspecified atom stereocenters. The molecule has 29 heavy (non-hydrogen) atoms. The van der Waals surface area contributed by atoms with Gasteiger partial charge in [0.05, 0.1) is 10.3 Å². The van der Waals surface area contributed by atoms with Crippen LogP contribution in [0, 0.1) is 5.41 Å². The van der Waals surface area contributed by atoms with Gasteiger partial charge in [-0.3, -0.25) is 4.79 Å². The third kappa shape index (κ3) is 3.70. The smallest absolute Gasteiger partial charge is 0.243 e. The van der Waals surface area contributed by atoms with Crippen molar-refractivity contribution < 1.29 is 13.2 Å². The molecule has 2 aliphatic rings. The van der Waals surface area contributed by atoms with Crippen LogP contribution in [0.2, 0.25) is 0 Å². The van der Waals surface area contributed by atoms with Gasteiger partial charge in [0.15, 0.2) is 0 Å². The van der Waals surface area contributed by atoms with Gasteiger partial charge in [0, 0.05) is 24.8 Å². The summed E-state index contributed by atoms with van der Waals surface area (Å²) in [5.74, 6) is -0.00277. The summed E-state index contributed by atoms with van der Waals surface area (Å²) in [5.41, 5.74) is 0.198. The molecule has 0 bridgehead atoms. The molecule has 6 nitrogen and oxygen atoms in total. The highest BCUT2D eigenvalue weighted by Gasteiger charge is 2.53. The van der Waals surface area contributed by atoms with Crippen LogP contribution in [0.3, 0.4) is 0 Å². The van der Waals surface area contributed by atoms with Crippen molar-refractivity contribution in [3.8, 4) is 0 Å². The number of likely N-dealkylation sites (tertiary alicyclic amines) is 1. The van der Waals surface area contributed by atoms with Gasteiger partial charge in [0.1, 0.15) is 0 Å². The van der Waals surface area contributed by atoms with E-state index in [-0.39, 0.29) is 11.9 Å². The van der Waals surface area contributed by atoms with Crippen molar-refractivity contribution in [2.75, 3.05) is 32.0 Å². The van der Waals surface area contributed by atoms with Crippen LogP contribution in [0.1, 0.15) is 19.3 Å². The summed E-state index contributed by atoms with van der Waals surface area (Å²) < 4.78 is 27.8. The molecule has 0 saturated carbocycles. The molecule has 1 amide bonds. The zero-order valence-corrected chi connectivity index (χ0v) is 17.4. The predicted octanol–water partition coefficient (Wildman–Crippen LogP) is 2.80. The second-order valence-electron chi connectivity index (χ2n) is 7.98. The molecule has 2 aliphatic heterocycles. The average molecular weight is 414 g/mol. The highest BCUT2D eigenvalue weighted by molar-refractivity contribution is 7.89. The number of nitrogens with one attached hydrogen (secondary N) is 1. The van der Waals surface area contributed by atoms with Crippen LogP contribution in [0.15, 0.2) is 65.6 Å². The number of sulfonamides is 1. The van der Waals surface area contributed by atoms with Crippen LogP contribution >= 0.6 is 0 Å². The Labute approximate surface area is 172 Å². The van der Waals surface area contributed by atoms with Crippen LogP contribution in [0.5, 0.6) is 0 Å². The zero-order chi connectivity index (χ0) is 20.5. The normalized spacial score (nSPS) is 25.9. The molecule has 2 saturated heterocycles. The van der Waals surface area contributed by atoms with Gasteiger partial charge in [-0.2, -0.15) is 4.31 Å². The number of para-hydroxylation sites is 1. The van der Waals surface area contributed by atoms with Gasteiger partial charge in [-0.15, -0.1) is 0 Å². The number of benzene rings is 2. The predicted molar refractivity (Wildman–Crippen MR) is 113 cm³/mol. The highest BCUT2D eigenvalue weighted by atomic mass is 32.2. The first-order chi connectivity index (χ1) is 13.9. The van der Waals surface area contributed by atoms with Gasteiger partial charge in [0.2, 0.25) is 15.9 Å². The Morgan fingerprint density at radius 2 is 1.59 bits per heavy atom. The second kappa shape index (κ2) is 7.89. The summed E-state index contributed by atoms with van der Waals surface area (Å²) in [7, 11) is -1.53. The van der Waals surface area contributed by atoms with E-state index < -0.39 is 15.4 Å². The van der Waals surface area contributed by atoms with Gasteiger partial charge >= 0.3 is 0 Å². The maximum absolute atomic E-state index is 13.4. The van der Waals surface area contributed by atoms with Crippen LogP contribution < -0.4 is 5.32 Å². The van der Waals surface area contributed by atoms with Gasteiger partial charge in [-0.05, 0) is 57.1 Å². The molecule has 0 spiro atoms. The Bertz CT molecular complexity index is 965. The number of hydrogen-bond donors (Lipinski definition) is 1. The van der Waals surface area contributed by atoms with Gasteiger partial charge in [0.25, 0.3) is 0 Å². The lowest BCUT2D eigenvalue weighted by Gasteiger charge is -2.34. The van der Waals surface area contributed by atoms with Gasteiger partial charge in [-0.1, -0.05) is 36.4 Å². The molecule has 2 heterocycles. The molecule has 2 aromatic carbocycles. The fraction of sp³-hybridized carbons (Fsp3) is 0.409. The van der Waals surface area contributed by atoms with Crippen molar-refractivity contribution >= 4 is 21.6 Å². The number of anilines is 1. The van der Waals surface area contributed by atoms with Crippen molar-refractivity contribution in [2.24, 2.45) is 5.41 Å². The van der Waals surface area contributed by atoms with E-state index in [1.165, 1.54) is 0 Å². The Hall–Kier alpha value is -2.22. The lowest BCUT2D eigenvalue weighted by atomic mass is 9.75. The number of nitrogens with zero attached hydrogens (tertiary/aromatic N) is 2. The lowest BCUT2D eigenvalue weighted by Crippen LogP contribution is -2.46. The molecule has 2 aromatic rings. The summed E-state index contributed by atoms with van der Waals surface area (Å²) in [5, 5.41) is 3.07. The first kappa shape index (κ1) is 20.1. The van der Waals surface area contributed by atoms with Crippen LogP contribution in [-0.2, 0) is 14.8 Å². The molecular weight excluding hydrogens is 386 g/mol. The third-order valence-electron chi connectivity index (χ3n) is 6.40. The number of rotatable bonds is 4. The minimum absolute atomic E-state index is 0.00277. The summed E-state index contributed by atoms with van der Waals surface area (Å²) >= 11 is 0. The first-order valence-corrected chi connectivity index (χ1v) is 11.5. The molecule has 2 atom stereocenters. The van der Waals surface area contributed by atoms with E-state index in [1.807, 2.05) is 43.4 Å². The van der Waals surface area contributed by atoms with E-state index in [4.69, 9.17) is 0 Å². The van der Waals surface area contributed by atoms with Crippen LogP contribution in [0.25, 0.3) is 0 Å². The molecule has 154 valence electrons. The van der Waals surface area contributed by atoms with Crippen molar-refractivity contribution in [1.29, 1.82) is 0 Å². The Morgan fingerprint density at radius 3 is 2.28 bits per heavy atom. The standard InChI is InChI=1S/C22H27N3O3S/c1-24-16-13-22(21(26)23-18-8-4-2-5-9-18)14-17-25(15-12-20(22)24)29(27,28)19-10-6-3-7-11-19/h2-11,20H,12-17H2,1H3,(H,23,26)/t20-,22-/m0/s1. The number of carbonyl (C=O) groups is 1. The number of fused-ring (bicyclic) bond motifs is 1. The van der Waals surface area contributed by atoms with Crippen molar-refractivity contribution in [2.45, 2.75) is 30.2 Å². The maximum atomic E-state index is 13.4. The van der Waals surface area contributed by atoms with Crippen molar-refractivity contribution in [1.82, 2.24) is 9.21 Å². The quantitative estimate of drug-likeness (QED) is 0.837. The monoisotopic (exact) mass is 413 g/mol. The van der Waals surface area contributed by atoms with E-state index in [0.29, 0.717) is 30.8 Å². The second-order valence-corrected chi connectivity index (χ2v) is 9.92. The zero-order valence-electron chi connectivity index (χ0n) is 16.6. The molecule has 7 heteroatoms. The van der Waals surface area contributed by atoms with E-state index >= 15 is 0 Å². The summed E-state index contributed by atoms with van der Waals surface area (Å²) in [6.45, 7) is 1.62. The molecule has 2 fully saturated rings. The van der Waals surface area contributed by atoms with Gasteiger partial charge < -0.3 is 10.2 Å². The Morgan fingerprint density at radius 1 is 0.966 bits per heavy atom. The van der Waals surface area contributed by atoms with Crippen LogP contribution in [-0.4, -0.2) is 56.3 Å². The fourth-order valence-electron chi connectivity index (χ4n) is 4.75. The fourth-order valence-corrected chi connectivity index (χ4v) is 6.22. The number of amides is 1. The third-order valence-corrected chi connectivity index (χ3v) is 8.32. The SMILES string of the molecule is CN1CC[C@]2(C(=O)Nc3ccccc3)CCN(S(=O)(=O)c3ccccc3)CC[C@H]12. The Kier molecular flexibility index (Phi) is 5.46. The summed E-state index contributed by atoms with van der Waals surface area (Å²) in [6.07, 6.45) is 1.91. The topological polar surface area (TPSA) is 69.7 Å². The van der Waals surface area contributed by atoms with E-state index in [2.05, 4.69) is 10.2 Å². The largest absolute Gasteiger partial charge is 0.326 e. The lowest BCUT2D eigenvalue weighted by molar-refractivity contribution is -0.127. The summed E-state index contributed by atoms with van der Waals surface area (Å²) in [4.78, 5) is 15.9. The van der Waals surface area contributed by atoms with Crippen molar-refractivity contribution in [3.05, 3.63) is 60.7 Å². The molecule has 0 radical (unpaired) electrons. The Balaban J connectivity index is 1.59.